The van der Waals surface area contributed by atoms with Crippen molar-refractivity contribution in [1.29, 1.82) is 0 Å². The van der Waals surface area contributed by atoms with Gasteiger partial charge in [0.25, 0.3) is 5.91 Å². The Bertz CT molecular complexity index is 610. The summed E-state index contributed by atoms with van der Waals surface area (Å²) in [6, 6.07) is 4.58. The minimum Gasteiger partial charge on any atom is -0.507 e. The van der Waals surface area contributed by atoms with Crippen molar-refractivity contribution in [2.75, 3.05) is 13.1 Å². The average Bonchev–Trinajstić information content (AvgIpc) is 2.56. The Balaban J connectivity index is 1.94. The first-order valence-corrected chi connectivity index (χ1v) is 8.75. The van der Waals surface area contributed by atoms with E-state index in [-0.39, 0.29) is 35.1 Å². The van der Waals surface area contributed by atoms with Gasteiger partial charge in [0.15, 0.2) is 0 Å². The molecule has 1 aromatic carbocycles. The van der Waals surface area contributed by atoms with Crippen molar-refractivity contribution in [3.8, 4) is 5.75 Å². The zero-order chi connectivity index (χ0) is 17.9. The van der Waals surface area contributed by atoms with Gasteiger partial charge in [-0.3, -0.25) is 9.59 Å². The molecule has 2 amide bonds. The summed E-state index contributed by atoms with van der Waals surface area (Å²) in [4.78, 5) is 26.5. The van der Waals surface area contributed by atoms with E-state index in [9.17, 15) is 14.7 Å². The van der Waals surface area contributed by atoms with Gasteiger partial charge in [-0.2, -0.15) is 0 Å². The molecule has 6 heteroatoms. The van der Waals surface area contributed by atoms with E-state index in [1.807, 2.05) is 6.92 Å². The van der Waals surface area contributed by atoms with Crippen LogP contribution in [-0.2, 0) is 4.79 Å². The zero-order valence-electron chi connectivity index (χ0n) is 14.4. The summed E-state index contributed by atoms with van der Waals surface area (Å²) in [5, 5.41) is 13.3. The third-order valence-corrected chi connectivity index (χ3v) is 4.95. The van der Waals surface area contributed by atoms with Crippen molar-refractivity contribution < 1.29 is 14.7 Å². The van der Waals surface area contributed by atoms with Crippen molar-refractivity contribution in [2.24, 2.45) is 11.8 Å². The van der Waals surface area contributed by atoms with E-state index in [0.29, 0.717) is 36.9 Å². The van der Waals surface area contributed by atoms with Crippen LogP contribution in [0.2, 0.25) is 5.02 Å². The minimum atomic E-state index is -0.246. The van der Waals surface area contributed by atoms with E-state index in [2.05, 4.69) is 19.2 Å². The highest BCUT2D eigenvalue weighted by Crippen LogP contribution is 2.25. The van der Waals surface area contributed by atoms with E-state index >= 15 is 0 Å². The van der Waals surface area contributed by atoms with Gasteiger partial charge in [0, 0.05) is 30.1 Å². The van der Waals surface area contributed by atoms with E-state index in [0.717, 1.165) is 0 Å². The summed E-state index contributed by atoms with van der Waals surface area (Å²) in [7, 11) is 0. The first kappa shape index (κ1) is 18.6. The van der Waals surface area contributed by atoms with Crippen LogP contribution < -0.4 is 5.32 Å². The van der Waals surface area contributed by atoms with Gasteiger partial charge in [0.1, 0.15) is 5.75 Å². The average molecular weight is 353 g/mol. The highest BCUT2D eigenvalue weighted by atomic mass is 35.5. The number of phenolic OH excluding ortho intramolecular Hbond substituents is 1. The van der Waals surface area contributed by atoms with E-state index in [1.54, 1.807) is 11.0 Å². The van der Waals surface area contributed by atoms with Crippen molar-refractivity contribution in [3.63, 3.8) is 0 Å². The predicted octanol–water partition coefficient (Wildman–Crippen LogP) is 3.06. The number of aromatic hydroxyl groups is 1. The number of phenols is 1. The molecule has 0 aromatic heterocycles. The molecule has 1 unspecified atom stereocenters. The van der Waals surface area contributed by atoms with Gasteiger partial charge in [-0.1, -0.05) is 25.4 Å². The second-order valence-electron chi connectivity index (χ2n) is 6.77. The lowest BCUT2D eigenvalue weighted by molar-refractivity contribution is -0.127. The lowest BCUT2D eigenvalue weighted by Gasteiger charge is -2.32. The van der Waals surface area contributed by atoms with Gasteiger partial charge in [0.05, 0.1) is 5.56 Å². The number of amides is 2. The molecule has 0 spiro atoms. The highest BCUT2D eigenvalue weighted by molar-refractivity contribution is 6.31. The summed E-state index contributed by atoms with van der Waals surface area (Å²) in [6.07, 6.45) is 1.26. The molecule has 2 rings (SSSR count). The molecule has 132 valence electrons. The Labute approximate surface area is 148 Å². The summed E-state index contributed by atoms with van der Waals surface area (Å²) < 4.78 is 0. The standard InChI is InChI=1S/C18H25ClN2O3/c1-11(2)12(3)20-17(23)13-6-8-21(9-7-13)18(24)15-10-14(19)4-5-16(15)22/h4-5,10-13,22H,6-9H2,1-3H3,(H,20,23). The van der Waals surface area contributed by atoms with Crippen LogP contribution >= 0.6 is 11.6 Å². The SMILES string of the molecule is CC(C)C(C)NC(=O)C1CCN(C(=O)c2cc(Cl)ccc2O)CC1. The van der Waals surface area contributed by atoms with Gasteiger partial charge in [-0.15, -0.1) is 0 Å². The van der Waals surface area contributed by atoms with Crippen molar-refractivity contribution >= 4 is 23.4 Å². The fourth-order valence-corrected chi connectivity index (χ4v) is 2.88. The molecule has 1 aliphatic heterocycles. The number of nitrogens with one attached hydrogen (secondary N) is 1. The largest absolute Gasteiger partial charge is 0.507 e. The third-order valence-electron chi connectivity index (χ3n) is 4.71. The highest BCUT2D eigenvalue weighted by Gasteiger charge is 2.29. The van der Waals surface area contributed by atoms with Gasteiger partial charge in [-0.05, 0) is 43.9 Å². The topological polar surface area (TPSA) is 69.6 Å². The molecule has 1 atom stereocenters. The molecule has 0 bridgehead atoms. The number of halogens is 1. The Morgan fingerprint density at radius 2 is 1.88 bits per heavy atom. The molecule has 2 N–H and O–H groups in total. The summed E-state index contributed by atoms with van der Waals surface area (Å²) in [5.41, 5.74) is 0.207. The van der Waals surface area contributed by atoms with Gasteiger partial charge in [-0.25, -0.2) is 0 Å². The lowest BCUT2D eigenvalue weighted by atomic mass is 9.94. The fourth-order valence-electron chi connectivity index (χ4n) is 2.70. The van der Waals surface area contributed by atoms with Crippen LogP contribution in [0.4, 0.5) is 0 Å². The molecule has 1 aromatic rings. The number of hydrogen-bond acceptors (Lipinski definition) is 3. The van der Waals surface area contributed by atoms with Crippen LogP contribution in [0.1, 0.15) is 44.0 Å². The van der Waals surface area contributed by atoms with E-state index in [1.165, 1.54) is 12.1 Å². The quantitative estimate of drug-likeness (QED) is 0.875. The maximum Gasteiger partial charge on any atom is 0.257 e. The fraction of sp³-hybridized carbons (Fsp3) is 0.556. The molecular weight excluding hydrogens is 328 g/mol. The first-order valence-electron chi connectivity index (χ1n) is 8.37. The number of carbonyl (C=O) groups excluding carboxylic acids is 2. The van der Waals surface area contributed by atoms with Crippen molar-refractivity contribution in [1.82, 2.24) is 10.2 Å². The Morgan fingerprint density at radius 1 is 1.25 bits per heavy atom. The van der Waals surface area contributed by atoms with E-state index < -0.39 is 0 Å². The van der Waals surface area contributed by atoms with Crippen LogP contribution in [-0.4, -0.2) is 41.0 Å². The molecule has 1 aliphatic rings. The van der Waals surface area contributed by atoms with Crippen LogP contribution in [0.5, 0.6) is 5.75 Å². The second-order valence-corrected chi connectivity index (χ2v) is 7.21. The molecule has 0 aliphatic carbocycles. The molecule has 24 heavy (non-hydrogen) atoms. The maximum atomic E-state index is 12.5. The summed E-state index contributed by atoms with van der Waals surface area (Å²) in [5.74, 6) is 0.0676. The monoisotopic (exact) mass is 352 g/mol. The Kier molecular flexibility index (Phi) is 6.10. The zero-order valence-corrected chi connectivity index (χ0v) is 15.1. The number of nitrogens with zero attached hydrogens (tertiary/aromatic N) is 1. The normalized spacial score (nSPS) is 17.0. The Hall–Kier alpha value is -1.75. The predicted molar refractivity (Wildman–Crippen MR) is 94.2 cm³/mol. The van der Waals surface area contributed by atoms with Crippen LogP contribution in [0.15, 0.2) is 18.2 Å². The first-order chi connectivity index (χ1) is 11.3. The molecule has 0 radical (unpaired) electrons. The number of hydrogen-bond donors (Lipinski definition) is 2. The molecule has 1 saturated heterocycles. The number of piperidine rings is 1. The number of carbonyl (C=O) groups is 2. The van der Waals surface area contributed by atoms with Gasteiger partial charge < -0.3 is 15.3 Å². The molecular formula is C18H25ClN2O3. The molecule has 1 fully saturated rings. The minimum absolute atomic E-state index is 0.0638. The molecule has 0 saturated carbocycles. The van der Waals surface area contributed by atoms with Crippen molar-refractivity contribution in [3.05, 3.63) is 28.8 Å². The number of likely N-dealkylation sites (tertiary alicyclic amines) is 1. The van der Waals surface area contributed by atoms with E-state index in [4.69, 9.17) is 11.6 Å². The van der Waals surface area contributed by atoms with Gasteiger partial charge in [0.2, 0.25) is 5.91 Å². The molecule has 1 heterocycles. The smallest absolute Gasteiger partial charge is 0.257 e. The van der Waals surface area contributed by atoms with Crippen LogP contribution in [0.3, 0.4) is 0 Å². The van der Waals surface area contributed by atoms with Crippen LogP contribution in [0.25, 0.3) is 0 Å². The Morgan fingerprint density at radius 3 is 2.46 bits per heavy atom. The maximum absolute atomic E-state index is 12.5. The van der Waals surface area contributed by atoms with Gasteiger partial charge >= 0.3 is 0 Å². The summed E-state index contributed by atoms with van der Waals surface area (Å²) in [6.45, 7) is 7.15. The lowest BCUT2D eigenvalue weighted by Crippen LogP contribution is -2.45. The second kappa shape index (κ2) is 7.88. The number of rotatable bonds is 4. The van der Waals surface area contributed by atoms with Crippen LogP contribution in [0, 0.1) is 11.8 Å². The third kappa shape index (κ3) is 4.41. The number of benzene rings is 1. The van der Waals surface area contributed by atoms with Crippen molar-refractivity contribution in [2.45, 2.75) is 39.7 Å². The summed E-state index contributed by atoms with van der Waals surface area (Å²) >= 11 is 5.90. The molecule has 5 nitrogen and oxygen atoms in total.